The van der Waals surface area contributed by atoms with E-state index in [0.29, 0.717) is 11.1 Å². The molecule has 0 N–H and O–H groups in total. The number of benzene rings is 2. The van der Waals surface area contributed by atoms with Crippen molar-refractivity contribution >= 4 is 15.7 Å². The van der Waals surface area contributed by atoms with E-state index in [1.807, 2.05) is 0 Å². The van der Waals surface area contributed by atoms with Gasteiger partial charge in [0.05, 0.1) is 11.4 Å². The van der Waals surface area contributed by atoms with Crippen LogP contribution < -0.4 is 4.31 Å². The number of alkyl halides is 3. The van der Waals surface area contributed by atoms with Crippen LogP contribution in [0.2, 0.25) is 0 Å². The molecule has 0 spiro atoms. The smallest absolute Gasteiger partial charge is 0.265 e. The molecule has 0 amide bonds. The number of rotatable bonds is 6. The average molecular weight is 438 g/mol. The highest BCUT2D eigenvalue weighted by atomic mass is 32.2. The van der Waals surface area contributed by atoms with Crippen molar-refractivity contribution in [3.63, 3.8) is 0 Å². The third kappa shape index (κ3) is 4.96. The van der Waals surface area contributed by atoms with Crippen molar-refractivity contribution in [2.75, 3.05) is 10.8 Å². The standard InChI is InChI=1S/C21H18F4N2O2S/c1-15-7-8-18(17-9-11-26-12-10-17)20(19(15)22)27(14-21(23,24)25)30(28,29)13-16-5-3-2-4-6-16/h2-12H,13-14H2,1H3. The number of nitrogens with zero attached hydrogens (tertiary/aromatic N) is 2. The van der Waals surface area contributed by atoms with E-state index in [4.69, 9.17) is 0 Å². The summed E-state index contributed by atoms with van der Waals surface area (Å²) in [5, 5.41) is 0. The lowest BCUT2D eigenvalue weighted by Crippen LogP contribution is -2.40. The quantitative estimate of drug-likeness (QED) is 0.504. The van der Waals surface area contributed by atoms with Gasteiger partial charge in [-0.25, -0.2) is 12.8 Å². The maximum Gasteiger partial charge on any atom is 0.407 e. The lowest BCUT2D eigenvalue weighted by atomic mass is 10.0. The summed E-state index contributed by atoms with van der Waals surface area (Å²) in [7, 11) is -4.57. The van der Waals surface area contributed by atoms with Crippen LogP contribution in [0, 0.1) is 12.7 Å². The zero-order chi connectivity index (χ0) is 21.9. The second-order valence-corrected chi connectivity index (χ2v) is 8.59. The maximum absolute atomic E-state index is 15.2. The molecule has 30 heavy (non-hydrogen) atoms. The molecule has 0 aliphatic carbocycles. The fourth-order valence-electron chi connectivity index (χ4n) is 3.02. The molecule has 0 unspecified atom stereocenters. The molecule has 3 rings (SSSR count). The van der Waals surface area contributed by atoms with Crippen LogP contribution >= 0.6 is 0 Å². The van der Waals surface area contributed by atoms with Gasteiger partial charge < -0.3 is 0 Å². The summed E-state index contributed by atoms with van der Waals surface area (Å²) in [6.07, 6.45) is -2.09. The van der Waals surface area contributed by atoms with Gasteiger partial charge in [0.2, 0.25) is 10.0 Å². The third-order valence-electron chi connectivity index (χ3n) is 4.40. The molecule has 0 fully saturated rings. The summed E-state index contributed by atoms with van der Waals surface area (Å²) in [6.45, 7) is -0.481. The van der Waals surface area contributed by atoms with Gasteiger partial charge in [0, 0.05) is 18.0 Å². The van der Waals surface area contributed by atoms with Crippen LogP contribution in [0.4, 0.5) is 23.2 Å². The number of aromatic nitrogens is 1. The Kier molecular flexibility index (Phi) is 6.12. The molecule has 0 bridgehead atoms. The van der Waals surface area contributed by atoms with Crippen molar-refractivity contribution in [1.29, 1.82) is 0 Å². The van der Waals surface area contributed by atoms with Gasteiger partial charge in [-0.1, -0.05) is 42.5 Å². The lowest BCUT2D eigenvalue weighted by molar-refractivity contribution is -0.117. The molecule has 0 aliphatic heterocycles. The summed E-state index contributed by atoms with van der Waals surface area (Å²) in [6, 6.07) is 13.5. The number of anilines is 1. The predicted octanol–water partition coefficient (Wildman–Crippen LogP) is 5.09. The highest BCUT2D eigenvalue weighted by Gasteiger charge is 2.39. The van der Waals surface area contributed by atoms with Gasteiger partial charge in [0.1, 0.15) is 6.54 Å². The van der Waals surface area contributed by atoms with Crippen LogP contribution in [0.25, 0.3) is 11.1 Å². The van der Waals surface area contributed by atoms with Crippen molar-refractivity contribution in [2.45, 2.75) is 18.9 Å². The van der Waals surface area contributed by atoms with Gasteiger partial charge in [0.25, 0.3) is 0 Å². The summed E-state index contributed by atoms with van der Waals surface area (Å²) >= 11 is 0. The van der Waals surface area contributed by atoms with Crippen molar-refractivity contribution in [1.82, 2.24) is 4.98 Å². The van der Waals surface area contributed by atoms with E-state index in [2.05, 4.69) is 4.98 Å². The van der Waals surface area contributed by atoms with E-state index in [1.165, 1.54) is 55.7 Å². The molecule has 2 aromatic carbocycles. The number of hydrogen-bond acceptors (Lipinski definition) is 3. The molecule has 3 aromatic rings. The zero-order valence-electron chi connectivity index (χ0n) is 15.9. The summed E-state index contributed by atoms with van der Waals surface area (Å²) < 4.78 is 81.6. The van der Waals surface area contributed by atoms with Crippen molar-refractivity contribution in [3.05, 3.63) is 83.9 Å². The molecule has 9 heteroatoms. The first-order valence-corrected chi connectivity index (χ1v) is 10.5. The Hall–Kier alpha value is -2.94. The summed E-state index contributed by atoms with van der Waals surface area (Å²) in [5.41, 5.74) is 0.0740. The molecule has 158 valence electrons. The SMILES string of the molecule is Cc1ccc(-c2ccncc2)c(N(CC(F)(F)F)S(=O)(=O)Cc2ccccc2)c1F. The Bertz CT molecular complexity index is 1120. The molecule has 0 radical (unpaired) electrons. The van der Waals surface area contributed by atoms with Gasteiger partial charge in [0.15, 0.2) is 5.82 Å². The minimum absolute atomic E-state index is 0.0291. The summed E-state index contributed by atoms with van der Waals surface area (Å²) in [5.74, 6) is -1.72. The minimum Gasteiger partial charge on any atom is -0.265 e. The number of hydrogen-bond donors (Lipinski definition) is 0. The van der Waals surface area contributed by atoms with Crippen LogP contribution in [-0.2, 0) is 15.8 Å². The second kappa shape index (κ2) is 8.43. The Morgan fingerprint density at radius 1 is 0.967 bits per heavy atom. The highest BCUT2D eigenvalue weighted by Crippen LogP contribution is 2.38. The van der Waals surface area contributed by atoms with Crippen molar-refractivity contribution < 1.29 is 26.0 Å². The maximum atomic E-state index is 15.2. The Morgan fingerprint density at radius 2 is 1.60 bits per heavy atom. The van der Waals surface area contributed by atoms with E-state index < -0.39 is 40.0 Å². The second-order valence-electron chi connectivity index (χ2n) is 6.69. The number of pyridine rings is 1. The van der Waals surface area contributed by atoms with Crippen LogP contribution in [0.3, 0.4) is 0 Å². The molecule has 4 nitrogen and oxygen atoms in total. The number of aryl methyl sites for hydroxylation is 1. The van der Waals surface area contributed by atoms with Crippen LogP contribution in [0.15, 0.2) is 67.0 Å². The van der Waals surface area contributed by atoms with Crippen molar-refractivity contribution in [2.24, 2.45) is 0 Å². The molecule has 0 atom stereocenters. The monoisotopic (exact) mass is 438 g/mol. The highest BCUT2D eigenvalue weighted by molar-refractivity contribution is 7.92. The van der Waals surface area contributed by atoms with Gasteiger partial charge in [-0.15, -0.1) is 0 Å². The minimum atomic E-state index is -4.88. The first kappa shape index (κ1) is 21.8. The van der Waals surface area contributed by atoms with E-state index in [1.54, 1.807) is 18.2 Å². The molecule has 1 aromatic heterocycles. The topological polar surface area (TPSA) is 50.3 Å². The Labute approximate surface area is 171 Å². The van der Waals surface area contributed by atoms with Gasteiger partial charge >= 0.3 is 6.18 Å². The summed E-state index contributed by atoms with van der Waals surface area (Å²) in [4.78, 5) is 3.84. The number of halogens is 4. The van der Waals surface area contributed by atoms with Gasteiger partial charge in [-0.05, 0) is 35.7 Å². The largest absolute Gasteiger partial charge is 0.407 e. The number of sulfonamides is 1. The van der Waals surface area contributed by atoms with E-state index in [0.717, 1.165) is 0 Å². The molecule has 0 aliphatic rings. The van der Waals surface area contributed by atoms with Gasteiger partial charge in [-0.3, -0.25) is 9.29 Å². The molecular formula is C21H18F4N2O2S. The average Bonchev–Trinajstić information content (AvgIpc) is 2.69. The normalized spacial score (nSPS) is 12.0. The predicted molar refractivity (Wildman–Crippen MR) is 107 cm³/mol. The fraction of sp³-hybridized carbons (Fsp3) is 0.190. The zero-order valence-corrected chi connectivity index (χ0v) is 16.7. The van der Waals surface area contributed by atoms with Crippen LogP contribution in [0.1, 0.15) is 11.1 Å². The fourth-order valence-corrected chi connectivity index (χ4v) is 4.59. The Balaban J connectivity index is 2.21. The van der Waals surface area contributed by atoms with E-state index in [-0.39, 0.29) is 15.4 Å². The van der Waals surface area contributed by atoms with E-state index in [9.17, 15) is 21.6 Å². The molecule has 1 heterocycles. The first-order chi connectivity index (χ1) is 14.1. The first-order valence-electron chi connectivity index (χ1n) is 8.89. The van der Waals surface area contributed by atoms with E-state index >= 15 is 4.39 Å². The van der Waals surface area contributed by atoms with Gasteiger partial charge in [-0.2, -0.15) is 13.2 Å². The third-order valence-corrected chi connectivity index (χ3v) is 6.08. The molecular weight excluding hydrogens is 420 g/mol. The van der Waals surface area contributed by atoms with Crippen LogP contribution in [-0.4, -0.2) is 26.1 Å². The molecule has 0 saturated heterocycles. The molecule has 0 saturated carbocycles. The van der Waals surface area contributed by atoms with Crippen LogP contribution in [0.5, 0.6) is 0 Å². The Morgan fingerprint density at radius 3 is 2.20 bits per heavy atom. The van der Waals surface area contributed by atoms with Crippen molar-refractivity contribution in [3.8, 4) is 11.1 Å². The lowest BCUT2D eigenvalue weighted by Gasteiger charge is -2.28.